The quantitative estimate of drug-likeness (QED) is 0.0786. The van der Waals surface area contributed by atoms with Gasteiger partial charge in [-0.1, -0.05) is 194 Å². The largest absolute Gasteiger partial charge is 0.258 e. The van der Waals surface area contributed by atoms with Gasteiger partial charge in [-0.3, -0.25) is 4.98 Å². The lowest BCUT2D eigenvalue weighted by molar-refractivity contribution is 0.534. The van der Waals surface area contributed by atoms with E-state index in [0.29, 0.717) is 0 Å². The van der Waals surface area contributed by atoms with Gasteiger partial charge in [0.15, 0.2) is 0 Å². The first-order chi connectivity index (χ1) is 20.3. The van der Waals surface area contributed by atoms with Gasteiger partial charge in [-0.05, 0) is 49.8 Å². The third-order valence-corrected chi connectivity index (χ3v) is 9.10. The maximum absolute atomic E-state index is 5.11. The first-order valence-corrected chi connectivity index (χ1v) is 19.3. The summed E-state index contributed by atoms with van der Waals surface area (Å²) in [6, 6.07) is 4.83. The molecule has 1 heterocycles. The van der Waals surface area contributed by atoms with Crippen LogP contribution < -0.4 is 0 Å². The van der Waals surface area contributed by atoms with E-state index in [9.17, 15) is 0 Å². The van der Waals surface area contributed by atoms with Gasteiger partial charge in [0.25, 0.3) is 0 Å². The second kappa shape index (κ2) is 30.6. The Bertz CT molecular complexity index is 600. The van der Waals surface area contributed by atoms with Gasteiger partial charge in [-0.2, -0.15) is 0 Å². The second-order valence-electron chi connectivity index (χ2n) is 13.4. The number of rotatable bonds is 32. The van der Waals surface area contributed by atoms with Crippen LogP contribution in [0.15, 0.2) is 12.1 Å². The van der Waals surface area contributed by atoms with Crippen molar-refractivity contribution in [1.29, 1.82) is 0 Å². The molecule has 0 saturated carbocycles. The topological polar surface area (TPSA) is 12.9 Å². The summed E-state index contributed by atoms with van der Waals surface area (Å²) >= 11 is 0. The van der Waals surface area contributed by atoms with Crippen LogP contribution in [0.5, 0.6) is 0 Å². The Labute approximate surface area is 259 Å². The Morgan fingerprint density at radius 3 is 0.854 bits per heavy atom. The van der Waals surface area contributed by atoms with Gasteiger partial charge >= 0.3 is 0 Å². The molecule has 240 valence electrons. The molecule has 1 rings (SSSR count). The van der Waals surface area contributed by atoms with Crippen molar-refractivity contribution in [3.63, 3.8) is 0 Å². The van der Waals surface area contributed by atoms with Crippen molar-refractivity contribution in [2.45, 2.75) is 226 Å². The van der Waals surface area contributed by atoms with Crippen LogP contribution in [0.25, 0.3) is 0 Å². The minimum atomic E-state index is 1.18. The normalized spacial score (nSPS) is 11.5. The summed E-state index contributed by atoms with van der Waals surface area (Å²) in [7, 11) is 0. The van der Waals surface area contributed by atoms with Gasteiger partial charge in [0, 0.05) is 11.4 Å². The number of hydrogen-bond acceptors (Lipinski definition) is 1. The maximum atomic E-state index is 5.11. The van der Waals surface area contributed by atoms with E-state index in [1.165, 1.54) is 222 Å². The van der Waals surface area contributed by atoms with Crippen LogP contribution >= 0.6 is 0 Å². The van der Waals surface area contributed by atoms with Crippen LogP contribution in [0.4, 0.5) is 0 Å². The fraction of sp³-hybridized carbons (Fsp3) is 0.875. The molecule has 0 unspecified atom stereocenters. The highest BCUT2D eigenvalue weighted by Crippen LogP contribution is 2.17. The highest BCUT2D eigenvalue weighted by Gasteiger charge is 2.04. The number of nitrogens with zero attached hydrogens (tertiary/aromatic N) is 1. The number of aromatic nitrogens is 1. The molecule has 0 saturated heterocycles. The highest BCUT2D eigenvalue weighted by atomic mass is 14.7. The average Bonchev–Trinajstić information content (AvgIpc) is 2.97. The third-order valence-electron chi connectivity index (χ3n) is 9.10. The van der Waals surface area contributed by atoms with E-state index in [0.717, 1.165) is 0 Å². The zero-order valence-corrected chi connectivity index (χ0v) is 28.7. The van der Waals surface area contributed by atoms with E-state index in [1.54, 1.807) is 0 Å². The summed E-state index contributed by atoms with van der Waals surface area (Å²) in [5.41, 5.74) is 4.27. The lowest BCUT2D eigenvalue weighted by atomic mass is 10.0. The molecule has 0 aromatic carbocycles. The molecule has 0 bridgehead atoms. The summed E-state index contributed by atoms with van der Waals surface area (Å²) in [4.78, 5) is 5.11. The molecular weight excluding hydrogens is 494 g/mol. The standard InChI is InChI=1S/C40H75N/c1-4-7-9-11-13-15-17-19-21-23-25-27-29-31-34-39-36-38(33-6-3)37-40(41-39)35-32-30-28-26-24-22-20-18-16-14-12-10-8-5-2/h36-37H,4-35H2,1-3H3. The summed E-state index contributed by atoms with van der Waals surface area (Å²) in [5.74, 6) is 0. The highest BCUT2D eigenvalue weighted by molar-refractivity contribution is 5.22. The van der Waals surface area contributed by atoms with Crippen molar-refractivity contribution in [3.05, 3.63) is 29.1 Å². The van der Waals surface area contributed by atoms with Crippen LogP contribution in [-0.2, 0) is 19.3 Å². The van der Waals surface area contributed by atoms with Gasteiger partial charge in [-0.25, -0.2) is 0 Å². The van der Waals surface area contributed by atoms with E-state index in [-0.39, 0.29) is 0 Å². The number of aryl methyl sites for hydroxylation is 3. The van der Waals surface area contributed by atoms with Crippen LogP contribution in [0.2, 0.25) is 0 Å². The van der Waals surface area contributed by atoms with Crippen LogP contribution in [0, 0.1) is 0 Å². The van der Waals surface area contributed by atoms with Crippen molar-refractivity contribution in [3.8, 4) is 0 Å². The van der Waals surface area contributed by atoms with Crippen molar-refractivity contribution in [2.75, 3.05) is 0 Å². The van der Waals surface area contributed by atoms with E-state index >= 15 is 0 Å². The molecule has 1 heteroatoms. The Morgan fingerprint density at radius 1 is 0.317 bits per heavy atom. The maximum Gasteiger partial charge on any atom is 0.0409 e. The Kier molecular flexibility index (Phi) is 28.5. The zero-order valence-electron chi connectivity index (χ0n) is 28.7. The minimum Gasteiger partial charge on any atom is -0.258 e. The Morgan fingerprint density at radius 2 is 0.585 bits per heavy atom. The number of unbranched alkanes of at least 4 members (excludes halogenated alkanes) is 26. The average molecular weight is 570 g/mol. The van der Waals surface area contributed by atoms with E-state index in [4.69, 9.17) is 4.98 Å². The SMILES string of the molecule is CCCCCCCCCCCCCCCCc1cc(CCC)cc(CCCCCCCCCCCCCCCC)n1. The number of hydrogen-bond donors (Lipinski definition) is 0. The van der Waals surface area contributed by atoms with Crippen molar-refractivity contribution < 1.29 is 0 Å². The van der Waals surface area contributed by atoms with E-state index in [1.807, 2.05) is 0 Å². The lowest BCUT2D eigenvalue weighted by Crippen LogP contribution is -2.00. The van der Waals surface area contributed by atoms with Crippen molar-refractivity contribution in [2.24, 2.45) is 0 Å². The summed E-state index contributed by atoms with van der Waals surface area (Å²) in [5, 5.41) is 0. The van der Waals surface area contributed by atoms with E-state index < -0.39 is 0 Å². The van der Waals surface area contributed by atoms with Gasteiger partial charge < -0.3 is 0 Å². The smallest absolute Gasteiger partial charge is 0.0409 e. The molecular formula is C40H75N. The molecule has 0 spiro atoms. The minimum absolute atomic E-state index is 1.18. The van der Waals surface area contributed by atoms with Gasteiger partial charge in [-0.15, -0.1) is 0 Å². The molecule has 41 heavy (non-hydrogen) atoms. The zero-order chi connectivity index (χ0) is 29.5. The second-order valence-corrected chi connectivity index (χ2v) is 13.4. The van der Waals surface area contributed by atoms with Crippen LogP contribution in [0.1, 0.15) is 224 Å². The van der Waals surface area contributed by atoms with E-state index in [2.05, 4.69) is 32.9 Å². The van der Waals surface area contributed by atoms with Crippen molar-refractivity contribution in [1.82, 2.24) is 4.98 Å². The molecule has 1 aromatic rings. The first kappa shape index (κ1) is 38.2. The van der Waals surface area contributed by atoms with Gasteiger partial charge in [0.05, 0.1) is 0 Å². The van der Waals surface area contributed by atoms with Crippen LogP contribution in [-0.4, -0.2) is 4.98 Å². The molecule has 0 aliphatic heterocycles. The fourth-order valence-corrected chi connectivity index (χ4v) is 6.41. The Hall–Kier alpha value is -0.850. The summed E-state index contributed by atoms with van der Waals surface area (Å²) < 4.78 is 0. The third kappa shape index (κ3) is 25.4. The first-order valence-electron chi connectivity index (χ1n) is 19.3. The predicted octanol–water partition coefficient (Wildman–Crippen LogP) is 14.1. The molecule has 1 nitrogen and oxygen atoms in total. The molecule has 1 aromatic heterocycles. The summed E-state index contributed by atoms with van der Waals surface area (Å²) in [6.45, 7) is 6.92. The number of pyridine rings is 1. The molecule has 0 aliphatic rings. The molecule has 0 radical (unpaired) electrons. The lowest BCUT2D eigenvalue weighted by Gasteiger charge is -2.09. The molecule has 0 aliphatic carbocycles. The monoisotopic (exact) mass is 570 g/mol. The van der Waals surface area contributed by atoms with Gasteiger partial charge in [0.1, 0.15) is 0 Å². The predicted molar refractivity (Wildman–Crippen MR) is 186 cm³/mol. The van der Waals surface area contributed by atoms with Crippen molar-refractivity contribution >= 4 is 0 Å². The summed E-state index contributed by atoms with van der Waals surface area (Å²) in [6.07, 6.45) is 44.9. The molecule has 0 N–H and O–H groups in total. The molecule has 0 amide bonds. The molecule has 0 atom stereocenters. The fourth-order valence-electron chi connectivity index (χ4n) is 6.41. The molecule has 0 fully saturated rings. The Balaban J connectivity index is 2.06. The van der Waals surface area contributed by atoms with Crippen LogP contribution in [0.3, 0.4) is 0 Å². The van der Waals surface area contributed by atoms with Gasteiger partial charge in [0.2, 0.25) is 0 Å².